The standard InChI is InChI=1S/C22H22N2O4/c1-3-27-19-10-12-20(13-11-19)28-15(2)21(25)23-24-22(26)18-9-8-16-6-4-5-7-17(16)14-18/h4-15H,3H2,1-2H3,(H,23,25)(H,24,26)/t15-/m0/s1. The van der Waals surface area contributed by atoms with Gasteiger partial charge >= 0.3 is 0 Å². The molecule has 0 aliphatic carbocycles. The average molecular weight is 378 g/mol. The monoisotopic (exact) mass is 378 g/mol. The Labute approximate surface area is 163 Å². The van der Waals surface area contributed by atoms with Crippen LogP contribution in [0.5, 0.6) is 11.5 Å². The molecule has 0 aliphatic rings. The minimum Gasteiger partial charge on any atom is -0.494 e. The molecule has 2 N–H and O–H groups in total. The highest BCUT2D eigenvalue weighted by Crippen LogP contribution is 2.18. The largest absolute Gasteiger partial charge is 0.494 e. The molecule has 0 heterocycles. The number of carbonyl (C=O) groups is 2. The Balaban J connectivity index is 1.53. The molecule has 144 valence electrons. The summed E-state index contributed by atoms with van der Waals surface area (Å²) in [5, 5.41) is 1.99. The van der Waals surface area contributed by atoms with Crippen molar-refractivity contribution >= 4 is 22.6 Å². The van der Waals surface area contributed by atoms with Crippen molar-refractivity contribution in [3.05, 3.63) is 72.3 Å². The number of rotatable bonds is 6. The molecule has 3 aromatic rings. The molecule has 0 saturated carbocycles. The van der Waals surface area contributed by atoms with Crippen molar-refractivity contribution in [2.75, 3.05) is 6.61 Å². The predicted molar refractivity (Wildman–Crippen MR) is 107 cm³/mol. The van der Waals surface area contributed by atoms with Crippen molar-refractivity contribution < 1.29 is 19.1 Å². The summed E-state index contributed by atoms with van der Waals surface area (Å²) in [7, 11) is 0. The van der Waals surface area contributed by atoms with Crippen LogP contribution < -0.4 is 20.3 Å². The Morgan fingerprint density at radius 2 is 1.57 bits per heavy atom. The van der Waals surface area contributed by atoms with E-state index in [1.54, 1.807) is 43.3 Å². The summed E-state index contributed by atoms with van der Waals surface area (Å²) >= 11 is 0. The number of carbonyl (C=O) groups excluding carboxylic acids is 2. The van der Waals surface area contributed by atoms with E-state index in [2.05, 4.69) is 10.9 Å². The molecule has 1 atom stereocenters. The molecule has 0 saturated heterocycles. The molecule has 0 fully saturated rings. The molecular formula is C22H22N2O4. The molecule has 6 nitrogen and oxygen atoms in total. The molecule has 0 aromatic heterocycles. The molecule has 0 unspecified atom stereocenters. The topological polar surface area (TPSA) is 76.7 Å². The van der Waals surface area contributed by atoms with E-state index in [1.807, 2.05) is 37.3 Å². The van der Waals surface area contributed by atoms with Crippen molar-refractivity contribution in [3.8, 4) is 11.5 Å². The second-order valence-corrected chi connectivity index (χ2v) is 6.17. The van der Waals surface area contributed by atoms with Crippen LogP contribution in [0.3, 0.4) is 0 Å². The number of amides is 2. The Kier molecular flexibility index (Phi) is 6.11. The van der Waals surface area contributed by atoms with Crippen LogP contribution in [0.2, 0.25) is 0 Å². The predicted octanol–water partition coefficient (Wildman–Crippen LogP) is 3.47. The molecule has 6 heteroatoms. The molecule has 0 bridgehead atoms. The smallest absolute Gasteiger partial charge is 0.279 e. The van der Waals surface area contributed by atoms with Gasteiger partial charge in [-0.05, 0) is 61.0 Å². The van der Waals surface area contributed by atoms with E-state index >= 15 is 0 Å². The van der Waals surface area contributed by atoms with Gasteiger partial charge in [0.25, 0.3) is 11.8 Å². The van der Waals surface area contributed by atoms with Crippen molar-refractivity contribution in [3.63, 3.8) is 0 Å². The molecule has 28 heavy (non-hydrogen) atoms. The molecule has 0 aliphatic heterocycles. The molecule has 0 radical (unpaired) electrons. The van der Waals surface area contributed by atoms with Crippen LogP contribution in [0.4, 0.5) is 0 Å². The van der Waals surface area contributed by atoms with E-state index in [9.17, 15) is 9.59 Å². The van der Waals surface area contributed by atoms with Gasteiger partial charge in [0.2, 0.25) is 0 Å². The zero-order valence-corrected chi connectivity index (χ0v) is 15.8. The van der Waals surface area contributed by atoms with Crippen molar-refractivity contribution in [2.45, 2.75) is 20.0 Å². The molecule has 3 aromatic carbocycles. The highest BCUT2D eigenvalue weighted by molar-refractivity contribution is 5.99. The van der Waals surface area contributed by atoms with E-state index in [4.69, 9.17) is 9.47 Å². The lowest BCUT2D eigenvalue weighted by Gasteiger charge is -2.15. The van der Waals surface area contributed by atoms with Gasteiger partial charge in [0.1, 0.15) is 11.5 Å². The van der Waals surface area contributed by atoms with E-state index in [0.717, 1.165) is 16.5 Å². The van der Waals surface area contributed by atoms with Crippen LogP contribution in [-0.2, 0) is 4.79 Å². The first kappa shape index (κ1) is 19.2. The number of fused-ring (bicyclic) bond motifs is 1. The lowest BCUT2D eigenvalue weighted by atomic mass is 10.1. The second-order valence-electron chi connectivity index (χ2n) is 6.17. The first-order valence-corrected chi connectivity index (χ1v) is 9.05. The van der Waals surface area contributed by atoms with Gasteiger partial charge in [-0.25, -0.2) is 0 Å². The van der Waals surface area contributed by atoms with E-state index in [0.29, 0.717) is 17.9 Å². The lowest BCUT2D eigenvalue weighted by Crippen LogP contribution is -2.47. The summed E-state index contributed by atoms with van der Waals surface area (Å²) in [5.74, 6) is 0.414. The summed E-state index contributed by atoms with van der Waals surface area (Å²) in [4.78, 5) is 24.5. The maximum atomic E-state index is 12.3. The zero-order valence-electron chi connectivity index (χ0n) is 15.8. The van der Waals surface area contributed by atoms with E-state index in [-0.39, 0.29) is 0 Å². The quantitative estimate of drug-likeness (QED) is 0.644. The minimum absolute atomic E-state index is 0.396. The number of hydrazine groups is 1. The van der Waals surface area contributed by atoms with Gasteiger partial charge in [-0.2, -0.15) is 0 Å². The van der Waals surface area contributed by atoms with Crippen LogP contribution in [0, 0.1) is 0 Å². The van der Waals surface area contributed by atoms with Gasteiger partial charge < -0.3 is 9.47 Å². The normalized spacial score (nSPS) is 11.5. The Bertz CT molecular complexity index is 970. The van der Waals surface area contributed by atoms with Crippen LogP contribution in [-0.4, -0.2) is 24.5 Å². The second kappa shape index (κ2) is 8.90. The number of ether oxygens (including phenoxy) is 2. The maximum Gasteiger partial charge on any atom is 0.279 e. The van der Waals surface area contributed by atoms with Crippen LogP contribution in [0.1, 0.15) is 24.2 Å². The Hall–Kier alpha value is -3.54. The number of hydrogen-bond donors (Lipinski definition) is 2. The fraction of sp³-hybridized carbons (Fsp3) is 0.182. The number of hydrogen-bond acceptors (Lipinski definition) is 4. The highest BCUT2D eigenvalue weighted by Gasteiger charge is 2.16. The minimum atomic E-state index is -0.783. The fourth-order valence-corrected chi connectivity index (χ4v) is 2.66. The summed E-state index contributed by atoms with van der Waals surface area (Å²) in [6, 6.07) is 20.1. The third-order valence-corrected chi connectivity index (χ3v) is 4.13. The van der Waals surface area contributed by atoms with Crippen molar-refractivity contribution in [1.82, 2.24) is 10.9 Å². The zero-order chi connectivity index (χ0) is 19.9. The fourth-order valence-electron chi connectivity index (χ4n) is 2.66. The van der Waals surface area contributed by atoms with Crippen LogP contribution >= 0.6 is 0 Å². The van der Waals surface area contributed by atoms with Gasteiger partial charge in [-0.3, -0.25) is 20.4 Å². The highest BCUT2D eigenvalue weighted by atomic mass is 16.5. The third-order valence-electron chi connectivity index (χ3n) is 4.13. The Morgan fingerprint density at radius 1 is 0.893 bits per heavy atom. The van der Waals surface area contributed by atoms with Gasteiger partial charge in [-0.1, -0.05) is 30.3 Å². The Morgan fingerprint density at radius 3 is 2.29 bits per heavy atom. The number of benzene rings is 3. The van der Waals surface area contributed by atoms with Crippen LogP contribution in [0.25, 0.3) is 10.8 Å². The first-order valence-electron chi connectivity index (χ1n) is 9.05. The summed E-state index contributed by atoms with van der Waals surface area (Å²) in [6.45, 7) is 4.09. The van der Waals surface area contributed by atoms with Gasteiger partial charge in [0.15, 0.2) is 6.10 Å². The van der Waals surface area contributed by atoms with Gasteiger partial charge in [0.05, 0.1) is 6.61 Å². The summed E-state index contributed by atoms with van der Waals surface area (Å²) in [6.07, 6.45) is -0.783. The van der Waals surface area contributed by atoms with Crippen LogP contribution in [0.15, 0.2) is 66.7 Å². The molecule has 3 rings (SSSR count). The van der Waals surface area contributed by atoms with E-state index < -0.39 is 17.9 Å². The average Bonchev–Trinajstić information content (AvgIpc) is 2.73. The van der Waals surface area contributed by atoms with Gasteiger partial charge in [0, 0.05) is 5.56 Å². The van der Waals surface area contributed by atoms with Crippen molar-refractivity contribution in [2.24, 2.45) is 0 Å². The first-order chi connectivity index (χ1) is 13.6. The molecule has 0 spiro atoms. The SMILES string of the molecule is CCOc1ccc(O[C@@H](C)C(=O)NNC(=O)c2ccc3ccccc3c2)cc1. The molecule has 2 amide bonds. The van der Waals surface area contributed by atoms with E-state index in [1.165, 1.54) is 0 Å². The number of nitrogens with one attached hydrogen (secondary N) is 2. The van der Waals surface area contributed by atoms with Crippen molar-refractivity contribution in [1.29, 1.82) is 0 Å². The van der Waals surface area contributed by atoms with Gasteiger partial charge in [-0.15, -0.1) is 0 Å². The maximum absolute atomic E-state index is 12.3. The lowest BCUT2D eigenvalue weighted by molar-refractivity contribution is -0.128. The third kappa shape index (κ3) is 4.79. The molecular weight excluding hydrogens is 356 g/mol. The summed E-state index contributed by atoms with van der Waals surface area (Å²) < 4.78 is 11.0. The summed E-state index contributed by atoms with van der Waals surface area (Å²) in [5.41, 5.74) is 5.27.